The summed E-state index contributed by atoms with van der Waals surface area (Å²) in [6.45, 7) is 20.1. The zero-order chi connectivity index (χ0) is 39.3. The second kappa shape index (κ2) is 13.9. The lowest BCUT2D eigenvalue weighted by Crippen LogP contribution is -2.71. The van der Waals surface area contributed by atoms with Crippen molar-refractivity contribution in [2.45, 2.75) is 187 Å². The number of ether oxygens (including phenoxy) is 6. The zero-order valence-electron chi connectivity index (χ0n) is 33.9. The first kappa shape index (κ1) is 41.3. The van der Waals surface area contributed by atoms with Gasteiger partial charge in [-0.25, -0.2) is 0 Å². The van der Waals surface area contributed by atoms with Crippen molar-refractivity contribution < 1.29 is 58.4 Å². The maximum absolute atomic E-state index is 12.3. The molecular weight excluding hydrogens is 684 g/mol. The molecule has 0 bridgehead atoms. The first-order valence-corrected chi connectivity index (χ1v) is 20.1. The van der Waals surface area contributed by atoms with E-state index in [9.17, 15) is 30.0 Å². The quantitative estimate of drug-likeness (QED) is 0.205. The van der Waals surface area contributed by atoms with Crippen LogP contribution in [0.3, 0.4) is 0 Å². The molecule has 0 amide bonds. The summed E-state index contributed by atoms with van der Waals surface area (Å²) in [5.74, 6) is -0.218. The van der Waals surface area contributed by atoms with Crippen LogP contribution in [0.5, 0.6) is 0 Å². The van der Waals surface area contributed by atoms with Gasteiger partial charge in [-0.1, -0.05) is 41.5 Å². The van der Waals surface area contributed by atoms with Gasteiger partial charge in [-0.15, -0.1) is 0 Å². The van der Waals surface area contributed by atoms with Gasteiger partial charge < -0.3 is 48.8 Å². The van der Waals surface area contributed by atoms with Crippen LogP contribution in [-0.2, 0) is 38.0 Å². The molecule has 0 aromatic carbocycles. The number of fused-ring (bicyclic) bond motifs is 6. The van der Waals surface area contributed by atoms with Crippen LogP contribution in [0.1, 0.15) is 121 Å². The summed E-state index contributed by atoms with van der Waals surface area (Å²) in [6.07, 6.45) is -2.29. The first-order valence-electron chi connectivity index (χ1n) is 20.1. The molecule has 6 aliphatic rings. The van der Waals surface area contributed by atoms with Gasteiger partial charge in [-0.2, -0.15) is 0 Å². The highest BCUT2D eigenvalue weighted by atomic mass is 16.7. The van der Waals surface area contributed by atoms with E-state index in [2.05, 4.69) is 41.5 Å². The minimum Gasteiger partial charge on any atom is -0.463 e. The smallest absolute Gasteiger partial charge is 0.302 e. The van der Waals surface area contributed by atoms with Gasteiger partial charge in [0.15, 0.2) is 6.29 Å². The summed E-state index contributed by atoms with van der Waals surface area (Å²) in [7, 11) is 1.62. The first-order chi connectivity index (χ1) is 24.5. The Morgan fingerprint density at radius 2 is 1.51 bits per heavy atom. The lowest BCUT2D eigenvalue weighted by atomic mass is 9.34. The Bertz CT molecular complexity index is 1390. The topological polar surface area (TPSA) is 170 Å². The molecule has 2 aliphatic heterocycles. The van der Waals surface area contributed by atoms with Gasteiger partial charge in [-0.3, -0.25) is 9.59 Å². The van der Waals surface area contributed by atoms with Crippen molar-refractivity contribution >= 4 is 11.9 Å². The monoisotopic (exact) mass is 752 g/mol. The van der Waals surface area contributed by atoms with Crippen LogP contribution >= 0.6 is 0 Å². The van der Waals surface area contributed by atoms with Crippen LogP contribution in [0.4, 0.5) is 0 Å². The van der Waals surface area contributed by atoms with Gasteiger partial charge in [0.1, 0.15) is 43.2 Å². The molecule has 0 aromatic rings. The molecular formula is C41H68O12. The number of carbonyl (C=O) groups excluding carboxylic acids is 2. The number of methoxy groups -OCH3 is 1. The van der Waals surface area contributed by atoms with Crippen LogP contribution < -0.4 is 0 Å². The molecule has 4 N–H and O–H groups in total. The third-order valence-corrected chi connectivity index (χ3v) is 16.6. The molecule has 0 unspecified atom stereocenters. The van der Waals surface area contributed by atoms with E-state index in [1.165, 1.54) is 13.8 Å². The van der Waals surface area contributed by atoms with E-state index in [4.69, 9.17) is 28.4 Å². The molecule has 0 radical (unpaired) electrons. The fourth-order valence-corrected chi connectivity index (χ4v) is 13.3. The summed E-state index contributed by atoms with van der Waals surface area (Å²) >= 11 is 0. The van der Waals surface area contributed by atoms with Gasteiger partial charge in [0, 0.05) is 31.8 Å². The molecule has 4 saturated carbocycles. The molecule has 17 atom stereocenters. The molecule has 6 rings (SSSR count). The Kier molecular flexibility index (Phi) is 10.8. The Morgan fingerprint density at radius 1 is 0.849 bits per heavy atom. The van der Waals surface area contributed by atoms with Crippen molar-refractivity contribution in [1.82, 2.24) is 0 Å². The minimum absolute atomic E-state index is 0.0808. The highest BCUT2D eigenvalue weighted by molar-refractivity contribution is 5.66. The summed E-state index contributed by atoms with van der Waals surface area (Å²) in [5.41, 5.74) is -2.47. The van der Waals surface area contributed by atoms with E-state index in [-0.39, 0.29) is 59.3 Å². The van der Waals surface area contributed by atoms with Crippen molar-refractivity contribution in [2.75, 3.05) is 13.7 Å². The van der Waals surface area contributed by atoms with Crippen LogP contribution in [0.2, 0.25) is 0 Å². The number of aliphatic hydroxyl groups is 4. The molecule has 2 saturated heterocycles. The summed E-state index contributed by atoms with van der Waals surface area (Å²) in [5, 5.41) is 44.7. The van der Waals surface area contributed by atoms with E-state index in [0.29, 0.717) is 6.42 Å². The van der Waals surface area contributed by atoms with Gasteiger partial charge in [-0.05, 0) is 99.7 Å². The van der Waals surface area contributed by atoms with E-state index in [1.54, 1.807) is 7.11 Å². The van der Waals surface area contributed by atoms with Gasteiger partial charge in [0.05, 0.1) is 23.4 Å². The van der Waals surface area contributed by atoms with Crippen molar-refractivity contribution in [1.29, 1.82) is 0 Å². The molecule has 12 nitrogen and oxygen atoms in total. The normalized spacial score (nSPS) is 49.8. The van der Waals surface area contributed by atoms with E-state index >= 15 is 0 Å². The van der Waals surface area contributed by atoms with E-state index in [0.717, 1.165) is 44.9 Å². The highest BCUT2D eigenvalue weighted by Gasteiger charge is 2.76. The average Bonchev–Trinajstić information content (AvgIpc) is 3.58. The predicted octanol–water partition coefficient (Wildman–Crippen LogP) is 4.30. The van der Waals surface area contributed by atoms with Crippen LogP contribution in [0.15, 0.2) is 0 Å². The number of carbonyl (C=O) groups is 2. The van der Waals surface area contributed by atoms with Crippen molar-refractivity contribution in [2.24, 2.45) is 45.3 Å². The third kappa shape index (κ3) is 6.23. The van der Waals surface area contributed by atoms with Gasteiger partial charge in [0.2, 0.25) is 0 Å². The van der Waals surface area contributed by atoms with Crippen molar-refractivity contribution in [3.8, 4) is 0 Å². The second-order valence-electron chi connectivity index (χ2n) is 19.6. The maximum Gasteiger partial charge on any atom is 0.302 e. The molecule has 12 heteroatoms. The Morgan fingerprint density at radius 3 is 2.13 bits per heavy atom. The fraction of sp³-hybridized carbons (Fsp3) is 0.951. The minimum atomic E-state index is -1.58. The van der Waals surface area contributed by atoms with Crippen molar-refractivity contribution in [3.63, 3.8) is 0 Å². The van der Waals surface area contributed by atoms with Crippen LogP contribution in [0, 0.1) is 45.3 Å². The lowest BCUT2D eigenvalue weighted by Gasteiger charge is -2.72. The molecule has 4 aliphatic carbocycles. The predicted molar refractivity (Wildman–Crippen MR) is 193 cm³/mol. The number of rotatable bonds is 8. The number of aliphatic hydroxyl groups excluding tert-OH is 4. The summed E-state index contributed by atoms with van der Waals surface area (Å²) < 4.78 is 37.2. The molecule has 304 valence electrons. The number of hydrogen-bond donors (Lipinski definition) is 4. The largest absolute Gasteiger partial charge is 0.463 e. The van der Waals surface area contributed by atoms with Gasteiger partial charge in [0.25, 0.3) is 0 Å². The van der Waals surface area contributed by atoms with E-state index in [1.807, 2.05) is 13.8 Å². The molecule has 0 aromatic heterocycles. The Balaban J connectivity index is 1.40. The number of hydrogen-bond acceptors (Lipinski definition) is 12. The Labute approximate surface area is 315 Å². The summed E-state index contributed by atoms with van der Waals surface area (Å²) in [4.78, 5) is 24.0. The van der Waals surface area contributed by atoms with Gasteiger partial charge >= 0.3 is 11.9 Å². The molecule has 1 spiro atoms. The Hall–Kier alpha value is -1.38. The third-order valence-electron chi connectivity index (χ3n) is 16.6. The lowest BCUT2D eigenvalue weighted by molar-refractivity contribution is -0.351. The number of esters is 2. The SMILES string of the molecule is COC(C)(C)[C@@H](O)[C@H]1C[C@H](C)[C@@]2(CC[C@]3(C)[C@@H]2CC[C@@H]2[C@@]4(C)CC[C@@H](OC(C)=O)C(C)(C)[C@@H]4C[C@@H](O[C@@H]4O[C@H](COC(C)=O)[C@@H](O)[C@H](O)[C@H]4O)[C@]23C)O1. The summed E-state index contributed by atoms with van der Waals surface area (Å²) in [6, 6.07) is 0. The molecule has 2 heterocycles. The maximum atomic E-state index is 12.3. The average molecular weight is 753 g/mol. The standard InChI is InChI=1S/C41H68O12/c1-21-18-24(34(47)37(6,7)48-11)53-41(21)17-16-39(9)27(41)13-12-26-38(8)15-14-29(50-23(3)43)36(4,5)28(38)19-30(40(26,39)10)52-35-33(46)32(45)31(44)25(51-35)20-49-22(2)42/h21,24-35,44-47H,12-20H2,1-11H3/t21-,24+,25+,26+,27-,28-,29+,30+,31+,32-,33+,34-,35-,38+,39+,40-,41+/m0/s1. The van der Waals surface area contributed by atoms with Crippen LogP contribution in [-0.4, -0.2) is 112 Å². The van der Waals surface area contributed by atoms with Crippen molar-refractivity contribution in [3.05, 3.63) is 0 Å². The second-order valence-corrected chi connectivity index (χ2v) is 19.6. The zero-order valence-corrected chi connectivity index (χ0v) is 33.9. The highest BCUT2D eigenvalue weighted by Crippen LogP contribution is 2.77. The fourth-order valence-electron chi connectivity index (χ4n) is 13.3. The molecule has 6 fully saturated rings. The molecule has 53 heavy (non-hydrogen) atoms. The van der Waals surface area contributed by atoms with E-state index < -0.39 is 70.9 Å². The van der Waals surface area contributed by atoms with Crippen LogP contribution in [0.25, 0.3) is 0 Å².